The van der Waals surface area contributed by atoms with Crippen LogP contribution in [0, 0.1) is 11.3 Å². The van der Waals surface area contributed by atoms with Crippen molar-refractivity contribution in [3.8, 4) is 0 Å². The number of carboxylic acid groups (broad SMARTS) is 1. The molecular formula is C14H26N2O3. The van der Waals surface area contributed by atoms with Gasteiger partial charge in [0, 0.05) is 19.1 Å². The van der Waals surface area contributed by atoms with Crippen molar-refractivity contribution >= 4 is 12.0 Å². The van der Waals surface area contributed by atoms with Crippen LogP contribution in [0.3, 0.4) is 0 Å². The van der Waals surface area contributed by atoms with Crippen LogP contribution in [0.2, 0.25) is 0 Å². The quantitative estimate of drug-likeness (QED) is 0.827. The molecule has 2 N–H and O–H groups in total. The summed E-state index contributed by atoms with van der Waals surface area (Å²) in [6.07, 6.45) is 3.12. The Balaban J connectivity index is 2.52. The molecule has 1 fully saturated rings. The third kappa shape index (κ3) is 4.73. The summed E-state index contributed by atoms with van der Waals surface area (Å²) in [5, 5.41) is 11.7. The van der Waals surface area contributed by atoms with Crippen molar-refractivity contribution in [2.24, 2.45) is 11.3 Å². The van der Waals surface area contributed by atoms with E-state index in [1.54, 1.807) is 18.7 Å². The Morgan fingerprint density at radius 1 is 1.21 bits per heavy atom. The molecule has 2 atom stereocenters. The fourth-order valence-electron chi connectivity index (χ4n) is 2.25. The lowest BCUT2D eigenvalue weighted by Crippen LogP contribution is -2.47. The summed E-state index contributed by atoms with van der Waals surface area (Å²) in [4.78, 5) is 24.8. The SMILES string of the molecule is CC(NC(=O)N1CCCC(C)(C)CC1)C(C)C(=O)O. The molecule has 5 nitrogen and oxygen atoms in total. The zero-order chi connectivity index (χ0) is 14.6. The molecule has 0 bridgehead atoms. The van der Waals surface area contributed by atoms with Crippen LogP contribution in [0.25, 0.3) is 0 Å². The van der Waals surface area contributed by atoms with Crippen molar-refractivity contribution in [2.75, 3.05) is 13.1 Å². The number of likely N-dealkylation sites (tertiary alicyclic amines) is 1. The molecule has 1 aliphatic heterocycles. The average Bonchev–Trinajstić information content (AvgIpc) is 2.48. The molecule has 0 aromatic rings. The minimum Gasteiger partial charge on any atom is -0.481 e. The van der Waals surface area contributed by atoms with E-state index in [1.807, 2.05) is 0 Å². The first kappa shape index (κ1) is 15.8. The smallest absolute Gasteiger partial charge is 0.317 e. The second-order valence-corrected chi connectivity index (χ2v) is 6.37. The van der Waals surface area contributed by atoms with Gasteiger partial charge in [0.2, 0.25) is 0 Å². The predicted molar refractivity (Wildman–Crippen MR) is 74.0 cm³/mol. The number of carboxylic acids is 1. The Morgan fingerprint density at radius 2 is 1.84 bits per heavy atom. The van der Waals surface area contributed by atoms with E-state index in [-0.39, 0.29) is 17.5 Å². The van der Waals surface area contributed by atoms with Crippen LogP contribution >= 0.6 is 0 Å². The highest BCUT2D eigenvalue weighted by atomic mass is 16.4. The number of amides is 2. The molecule has 19 heavy (non-hydrogen) atoms. The highest BCUT2D eigenvalue weighted by Crippen LogP contribution is 2.29. The average molecular weight is 270 g/mol. The number of nitrogens with zero attached hydrogens (tertiary/aromatic N) is 1. The van der Waals surface area contributed by atoms with Crippen LogP contribution < -0.4 is 5.32 Å². The van der Waals surface area contributed by atoms with Crippen LogP contribution in [0.5, 0.6) is 0 Å². The fourth-order valence-corrected chi connectivity index (χ4v) is 2.25. The molecule has 1 saturated heterocycles. The maximum absolute atomic E-state index is 12.1. The Labute approximate surface area is 115 Å². The molecule has 2 amide bonds. The van der Waals surface area contributed by atoms with Crippen molar-refractivity contribution in [3.63, 3.8) is 0 Å². The number of hydrogen-bond donors (Lipinski definition) is 2. The monoisotopic (exact) mass is 270 g/mol. The summed E-state index contributed by atoms with van der Waals surface area (Å²) >= 11 is 0. The van der Waals surface area contributed by atoms with Gasteiger partial charge >= 0.3 is 12.0 Å². The molecule has 5 heteroatoms. The number of hydrogen-bond acceptors (Lipinski definition) is 2. The van der Waals surface area contributed by atoms with Gasteiger partial charge in [-0.2, -0.15) is 0 Å². The topological polar surface area (TPSA) is 69.6 Å². The number of rotatable bonds is 3. The minimum atomic E-state index is -0.884. The van der Waals surface area contributed by atoms with Crippen LogP contribution in [0.1, 0.15) is 47.0 Å². The zero-order valence-corrected chi connectivity index (χ0v) is 12.4. The molecule has 1 heterocycles. The number of aliphatic carboxylic acids is 1. The van der Waals surface area contributed by atoms with Gasteiger partial charge in [-0.15, -0.1) is 0 Å². The molecule has 1 rings (SSSR count). The third-order valence-corrected chi connectivity index (χ3v) is 4.12. The lowest BCUT2D eigenvalue weighted by Gasteiger charge is -2.26. The van der Waals surface area contributed by atoms with Crippen molar-refractivity contribution in [1.82, 2.24) is 10.2 Å². The predicted octanol–water partition coefficient (Wildman–Crippen LogP) is 2.32. The standard InChI is InChI=1S/C14H26N2O3/c1-10(12(17)18)11(2)15-13(19)16-8-5-6-14(3,4)7-9-16/h10-11H,5-9H2,1-4H3,(H,15,19)(H,17,18). The molecule has 2 unspecified atom stereocenters. The summed E-state index contributed by atoms with van der Waals surface area (Å²) in [5.74, 6) is -1.46. The molecule has 0 aromatic carbocycles. The molecule has 110 valence electrons. The van der Waals surface area contributed by atoms with E-state index < -0.39 is 11.9 Å². The van der Waals surface area contributed by atoms with E-state index in [4.69, 9.17) is 5.11 Å². The number of carbonyl (C=O) groups is 2. The van der Waals surface area contributed by atoms with Crippen molar-refractivity contribution < 1.29 is 14.7 Å². The van der Waals surface area contributed by atoms with E-state index in [0.717, 1.165) is 32.4 Å². The molecule has 0 saturated carbocycles. The van der Waals surface area contributed by atoms with Crippen LogP contribution in [0.4, 0.5) is 4.79 Å². The van der Waals surface area contributed by atoms with E-state index in [1.165, 1.54) is 0 Å². The highest BCUT2D eigenvalue weighted by molar-refractivity contribution is 5.76. The molecular weight excluding hydrogens is 244 g/mol. The van der Waals surface area contributed by atoms with Gasteiger partial charge in [-0.1, -0.05) is 13.8 Å². The maximum Gasteiger partial charge on any atom is 0.317 e. The fraction of sp³-hybridized carbons (Fsp3) is 0.857. The van der Waals surface area contributed by atoms with Crippen molar-refractivity contribution in [1.29, 1.82) is 0 Å². The van der Waals surface area contributed by atoms with Crippen LogP contribution in [-0.2, 0) is 4.79 Å². The van der Waals surface area contributed by atoms with E-state index in [9.17, 15) is 9.59 Å². The summed E-state index contributed by atoms with van der Waals surface area (Å²) < 4.78 is 0. The van der Waals surface area contributed by atoms with Gasteiger partial charge in [-0.25, -0.2) is 4.79 Å². The number of urea groups is 1. The van der Waals surface area contributed by atoms with Gasteiger partial charge in [-0.3, -0.25) is 4.79 Å². The molecule has 1 aliphatic rings. The van der Waals surface area contributed by atoms with E-state index in [0.29, 0.717) is 0 Å². The number of carbonyl (C=O) groups excluding carboxylic acids is 1. The van der Waals surface area contributed by atoms with Crippen LogP contribution in [-0.4, -0.2) is 41.1 Å². The first-order valence-corrected chi connectivity index (χ1v) is 7.01. The van der Waals surface area contributed by atoms with Gasteiger partial charge in [0.25, 0.3) is 0 Å². The van der Waals surface area contributed by atoms with Gasteiger partial charge in [0.05, 0.1) is 5.92 Å². The van der Waals surface area contributed by atoms with E-state index >= 15 is 0 Å². The normalized spacial score (nSPS) is 22.2. The summed E-state index contributed by atoms with van der Waals surface area (Å²) in [6.45, 7) is 9.29. The second-order valence-electron chi connectivity index (χ2n) is 6.37. The number of nitrogens with one attached hydrogen (secondary N) is 1. The molecule has 0 radical (unpaired) electrons. The zero-order valence-electron chi connectivity index (χ0n) is 12.4. The van der Waals surface area contributed by atoms with Crippen molar-refractivity contribution in [3.05, 3.63) is 0 Å². The summed E-state index contributed by atoms with van der Waals surface area (Å²) in [6, 6.07) is -0.500. The van der Waals surface area contributed by atoms with Crippen molar-refractivity contribution in [2.45, 2.75) is 53.0 Å². The Hall–Kier alpha value is -1.26. The summed E-state index contributed by atoms with van der Waals surface area (Å²) in [5.41, 5.74) is 0.287. The molecule has 0 aromatic heterocycles. The minimum absolute atomic E-state index is 0.140. The highest BCUT2D eigenvalue weighted by Gasteiger charge is 2.27. The second kappa shape index (κ2) is 6.26. The van der Waals surface area contributed by atoms with Crippen LogP contribution in [0.15, 0.2) is 0 Å². The lowest BCUT2D eigenvalue weighted by molar-refractivity contribution is -0.141. The first-order valence-electron chi connectivity index (χ1n) is 7.01. The first-order chi connectivity index (χ1) is 8.73. The maximum atomic E-state index is 12.1. The largest absolute Gasteiger partial charge is 0.481 e. The molecule has 0 aliphatic carbocycles. The van der Waals surface area contributed by atoms with E-state index in [2.05, 4.69) is 19.2 Å². The molecule has 0 spiro atoms. The third-order valence-electron chi connectivity index (χ3n) is 4.12. The van der Waals surface area contributed by atoms with Gasteiger partial charge in [-0.05, 0) is 38.5 Å². The lowest BCUT2D eigenvalue weighted by atomic mass is 9.85. The summed E-state index contributed by atoms with van der Waals surface area (Å²) in [7, 11) is 0. The Kier molecular flexibility index (Phi) is 5.20. The van der Waals surface area contributed by atoms with Gasteiger partial charge < -0.3 is 15.3 Å². The van der Waals surface area contributed by atoms with Gasteiger partial charge in [0.15, 0.2) is 0 Å². The Morgan fingerprint density at radius 3 is 2.42 bits per heavy atom. The van der Waals surface area contributed by atoms with Gasteiger partial charge in [0.1, 0.15) is 0 Å². The Bertz CT molecular complexity index is 342.